The molecule has 0 spiro atoms. The lowest BCUT2D eigenvalue weighted by Crippen LogP contribution is -2.31. The van der Waals surface area contributed by atoms with Crippen molar-refractivity contribution in [1.82, 2.24) is 5.48 Å². The number of ether oxygens (including phenoxy) is 1. The van der Waals surface area contributed by atoms with Crippen molar-refractivity contribution in [2.75, 3.05) is 12.4 Å². The van der Waals surface area contributed by atoms with Gasteiger partial charge < -0.3 is 10.1 Å². The number of amides is 1. The SMILES string of the molecule is COc1ccccc1Nc1ccc2c(c1)CCC(C(=O)NO)C2. The topological polar surface area (TPSA) is 70.6 Å². The van der Waals surface area contributed by atoms with Crippen molar-refractivity contribution < 1.29 is 14.7 Å². The summed E-state index contributed by atoms with van der Waals surface area (Å²) in [5.74, 6) is 0.345. The first-order chi connectivity index (χ1) is 11.2. The third-order valence-corrected chi connectivity index (χ3v) is 4.30. The summed E-state index contributed by atoms with van der Waals surface area (Å²) in [7, 11) is 1.65. The first-order valence-electron chi connectivity index (χ1n) is 7.67. The summed E-state index contributed by atoms with van der Waals surface area (Å²) in [6.45, 7) is 0. The van der Waals surface area contributed by atoms with Gasteiger partial charge in [0.2, 0.25) is 5.91 Å². The van der Waals surface area contributed by atoms with Gasteiger partial charge in [-0.25, -0.2) is 5.48 Å². The summed E-state index contributed by atoms with van der Waals surface area (Å²) in [6.07, 6.45) is 2.24. The van der Waals surface area contributed by atoms with Crippen molar-refractivity contribution in [2.24, 2.45) is 5.92 Å². The van der Waals surface area contributed by atoms with Gasteiger partial charge in [0, 0.05) is 11.6 Å². The first-order valence-corrected chi connectivity index (χ1v) is 7.67. The van der Waals surface area contributed by atoms with Crippen LogP contribution in [0, 0.1) is 5.92 Å². The third-order valence-electron chi connectivity index (χ3n) is 4.30. The van der Waals surface area contributed by atoms with Gasteiger partial charge in [0.25, 0.3) is 0 Å². The van der Waals surface area contributed by atoms with Crippen LogP contribution in [0.15, 0.2) is 42.5 Å². The molecule has 0 aliphatic heterocycles. The van der Waals surface area contributed by atoms with Crippen molar-refractivity contribution in [3.05, 3.63) is 53.6 Å². The van der Waals surface area contributed by atoms with E-state index in [9.17, 15) is 4.79 Å². The minimum absolute atomic E-state index is 0.152. The highest BCUT2D eigenvalue weighted by atomic mass is 16.5. The van der Waals surface area contributed by atoms with Crippen LogP contribution in [0.3, 0.4) is 0 Å². The van der Waals surface area contributed by atoms with E-state index < -0.39 is 0 Å². The molecule has 1 aliphatic carbocycles. The highest BCUT2D eigenvalue weighted by Gasteiger charge is 2.24. The van der Waals surface area contributed by atoms with Crippen LogP contribution < -0.4 is 15.5 Å². The van der Waals surface area contributed by atoms with E-state index in [0.29, 0.717) is 6.42 Å². The molecule has 2 aromatic carbocycles. The Morgan fingerprint density at radius 2 is 2.04 bits per heavy atom. The highest BCUT2D eigenvalue weighted by molar-refractivity contribution is 5.78. The van der Waals surface area contributed by atoms with Gasteiger partial charge in [-0.05, 0) is 54.7 Å². The zero-order valence-corrected chi connectivity index (χ0v) is 13.0. The van der Waals surface area contributed by atoms with Gasteiger partial charge in [-0.15, -0.1) is 0 Å². The molecule has 3 rings (SSSR count). The van der Waals surface area contributed by atoms with Crippen LogP contribution >= 0.6 is 0 Å². The van der Waals surface area contributed by atoms with E-state index in [2.05, 4.69) is 11.4 Å². The Hall–Kier alpha value is -2.53. The standard InChI is InChI=1S/C18H20N2O3/c1-23-17-5-3-2-4-16(17)19-15-9-8-12-10-14(18(21)20-22)7-6-13(12)11-15/h2-5,8-9,11,14,19,22H,6-7,10H2,1H3,(H,20,21). The second kappa shape index (κ2) is 6.71. The number of nitrogens with one attached hydrogen (secondary N) is 2. The fourth-order valence-corrected chi connectivity index (χ4v) is 3.05. The molecule has 1 amide bonds. The smallest absolute Gasteiger partial charge is 0.246 e. The maximum Gasteiger partial charge on any atom is 0.246 e. The Kier molecular flexibility index (Phi) is 4.48. The monoisotopic (exact) mass is 312 g/mol. The number of benzene rings is 2. The molecule has 120 valence electrons. The average Bonchev–Trinajstić information content (AvgIpc) is 2.61. The van der Waals surface area contributed by atoms with Gasteiger partial charge in [-0.3, -0.25) is 10.0 Å². The minimum Gasteiger partial charge on any atom is -0.495 e. The lowest BCUT2D eigenvalue weighted by molar-refractivity contribution is -0.133. The van der Waals surface area contributed by atoms with E-state index in [-0.39, 0.29) is 11.8 Å². The van der Waals surface area contributed by atoms with Gasteiger partial charge in [0.15, 0.2) is 0 Å². The maximum absolute atomic E-state index is 11.6. The number of fused-ring (bicyclic) bond motifs is 1. The summed E-state index contributed by atoms with van der Waals surface area (Å²) in [4.78, 5) is 11.6. The third kappa shape index (κ3) is 3.29. The summed E-state index contributed by atoms with van der Waals surface area (Å²) < 4.78 is 5.35. The molecule has 5 nitrogen and oxygen atoms in total. The molecular formula is C18H20N2O3. The predicted molar refractivity (Wildman–Crippen MR) is 88.2 cm³/mol. The highest BCUT2D eigenvalue weighted by Crippen LogP contribution is 2.31. The van der Waals surface area contributed by atoms with Crippen LogP contribution in [-0.2, 0) is 17.6 Å². The van der Waals surface area contributed by atoms with E-state index in [4.69, 9.17) is 9.94 Å². The maximum atomic E-state index is 11.6. The van der Waals surface area contributed by atoms with Crippen molar-refractivity contribution >= 4 is 17.3 Å². The quantitative estimate of drug-likeness (QED) is 0.599. The number of carbonyl (C=O) groups excluding carboxylic acids is 1. The van der Waals surface area contributed by atoms with Crippen LogP contribution in [0.1, 0.15) is 17.5 Å². The lowest BCUT2D eigenvalue weighted by Gasteiger charge is -2.23. The van der Waals surface area contributed by atoms with E-state index in [1.807, 2.05) is 36.4 Å². The van der Waals surface area contributed by atoms with Crippen molar-refractivity contribution in [2.45, 2.75) is 19.3 Å². The molecule has 0 aromatic heterocycles. The predicted octanol–water partition coefficient (Wildman–Crippen LogP) is 3.05. The van der Waals surface area contributed by atoms with E-state index in [0.717, 1.165) is 35.5 Å². The van der Waals surface area contributed by atoms with E-state index in [1.165, 1.54) is 5.56 Å². The summed E-state index contributed by atoms with van der Waals surface area (Å²) >= 11 is 0. The molecule has 0 fully saturated rings. The van der Waals surface area contributed by atoms with Crippen molar-refractivity contribution in [3.63, 3.8) is 0 Å². The molecule has 23 heavy (non-hydrogen) atoms. The molecule has 1 atom stereocenters. The number of hydrogen-bond acceptors (Lipinski definition) is 4. The van der Waals surface area contributed by atoms with Crippen LogP contribution in [0.2, 0.25) is 0 Å². The molecule has 0 saturated heterocycles. The molecule has 1 unspecified atom stereocenters. The second-order valence-corrected chi connectivity index (χ2v) is 5.72. The van der Waals surface area contributed by atoms with Crippen LogP contribution in [0.4, 0.5) is 11.4 Å². The van der Waals surface area contributed by atoms with E-state index >= 15 is 0 Å². The molecule has 2 aromatic rings. The Bertz CT molecular complexity index is 715. The number of hydroxylamine groups is 1. The van der Waals surface area contributed by atoms with Crippen molar-refractivity contribution in [1.29, 1.82) is 0 Å². The van der Waals surface area contributed by atoms with Gasteiger partial charge in [0.05, 0.1) is 12.8 Å². The Morgan fingerprint density at radius 3 is 2.83 bits per heavy atom. The normalized spacial score (nSPS) is 16.3. The number of methoxy groups -OCH3 is 1. The first kappa shape index (κ1) is 15.4. The lowest BCUT2D eigenvalue weighted by atomic mass is 9.83. The number of para-hydroxylation sites is 2. The largest absolute Gasteiger partial charge is 0.495 e. The van der Waals surface area contributed by atoms with Gasteiger partial charge in [-0.2, -0.15) is 0 Å². The number of carbonyl (C=O) groups is 1. The Balaban J connectivity index is 1.78. The Labute approximate surface area is 135 Å². The molecule has 5 heteroatoms. The van der Waals surface area contributed by atoms with Gasteiger partial charge in [-0.1, -0.05) is 18.2 Å². The molecule has 0 radical (unpaired) electrons. The number of anilines is 2. The van der Waals surface area contributed by atoms with Crippen LogP contribution in [0.25, 0.3) is 0 Å². The van der Waals surface area contributed by atoms with Crippen molar-refractivity contribution in [3.8, 4) is 5.75 Å². The number of hydrogen-bond donors (Lipinski definition) is 3. The number of aryl methyl sites for hydroxylation is 1. The molecule has 0 saturated carbocycles. The molecule has 0 bridgehead atoms. The molecule has 0 heterocycles. The van der Waals surface area contributed by atoms with Crippen LogP contribution in [-0.4, -0.2) is 18.2 Å². The van der Waals surface area contributed by atoms with Gasteiger partial charge >= 0.3 is 0 Å². The Morgan fingerprint density at radius 1 is 1.22 bits per heavy atom. The zero-order valence-electron chi connectivity index (χ0n) is 13.0. The fourth-order valence-electron chi connectivity index (χ4n) is 3.05. The summed E-state index contributed by atoms with van der Waals surface area (Å²) in [5.41, 5.74) is 6.08. The summed E-state index contributed by atoms with van der Waals surface area (Å²) in [5, 5.41) is 12.1. The average molecular weight is 312 g/mol. The fraction of sp³-hybridized carbons (Fsp3) is 0.278. The van der Waals surface area contributed by atoms with Gasteiger partial charge in [0.1, 0.15) is 5.75 Å². The molecule has 3 N–H and O–H groups in total. The molecule has 1 aliphatic rings. The number of rotatable bonds is 4. The summed E-state index contributed by atoms with van der Waals surface area (Å²) in [6, 6.07) is 14.0. The van der Waals surface area contributed by atoms with E-state index in [1.54, 1.807) is 12.6 Å². The van der Waals surface area contributed by atoms with Crippen LogP contribution in [0.5, 0.6) is 5.75 Å². The second-order valence-electron chi connectivity index (χ2n) is 5.72. The molecular weight excluding hydrogens is 292 g/mol. The zero-order chi connectivity index (χ0) is 16.2. The minimum atomic E-state index is -0.299.